The first-order chi connectivity index (χ1) is 12.1. The van der Waals surface area contributed by atoms with Crippen molar-refractivity contribution in [2.75, 3.05) is 13.1 Å². The van der Waals surface area contributed by atoms with Crippen LogP contribution in [0, 0.1) is 0 Å². The molecule has 0 aliphatic carbocycles. The normalized spacial score (nSPS) is 17.8. The zero-order valence-corrected chi connectivity index (χ0v) is 14.7. The van der Waals surface area contributed by atoms with Crippen LogP contribution in [0.2, 0.25) is 0 Å². The van der Waals surface area contributed by atoms with Gasteiger partial charge in [0.25, 0.3) is 0 Å². The van der Waals surface area contributed by atoms with Gasteiger partial charge in [-0.15, -0.1) is 0 Å². The molecule has 3 rings (SSSR count). The third-order valence-corrected chi connectivity index (χ3v) is 5.16. The van der Waals surface area contributed by atoms with Gasteiger partial charge in [0, 0.05) is 18.2 Å². The standard InChI is InChI=1S/C21H25N2O2/c1-15-3-2-11-23(15)12-10-16-4-7-18(8-5-16)19-9-6-17(14-24)13-20(19)21(22)25/h4-9,13,15H,2-3,10-12,14H2,1H3,(H2,22,25)/t15-/m1/s1. The van der Waals surface area contributed by atoms with Crippen molar-refractivity contribution in [2.24, 2.45) is 5.73 Å². The van der Waals surface area contributed by atoms with Gasteiger partial charge in [-0.2, -0.15) is 0 Å². The molecule has 131 valence electrons. The molecule has 2 aromatic rings. The van der Waals surface area contributed by atoms with Crippen molar-refractivity contribution in [3.05, 3.63) is 59.2 Å². The van der Waals surface area contributed by atoms with Crippen LogP contribution in [0.5, 0.6) is 0 Å². The van der Waals surface area contributed by atoms with E-state index in [0.717, 1.165) is 24.1 Å². The second kappa shape index (κ2) is 7.81. The average molecular weight is 337 g/mol. The van der Waals surface area contributed by atoms with Gasteiger partial charge >= 0.3 is 0 Å². The maximum absolute atomic E-state index is 11.7. The highest BCUT2D eigenvalue weighted by molar-refractivity contribution is 6.00. The lowest BCUT2D eigenvalue weighted by molar-refractivity contribution is 0.100. The van der Waals surface area contributed by atoms with Gasteiger partial charge in [-0.3, -0.25) is 4.79 Å². The molecule has 0 aromatic heterocycles. The topological polar surface area (TPSA) is 66.2 Å². The molecule has 1 aliphatic rings. The fourth-order valence-electron chi connectivity index (χ4n) is 3.59. The van der Waals surface area contributed by atoms with Crippen molar-refractivity contribution in [1.82, 2.24) is 4.90 Å². The lowest BCUT2D eigenvalue weighted by atomic mass is 9.96. The molecule has 1 heterocycles. The Morgan fingerprint density at radius 1 is 1.16 bits per heavy atom. The predicted molar refractivity (Wildman–Crippen MR) is 98.8 cm³/mol. The zero-order chi connectivity index (χ0) is 17.8. The molecule has 25 heavy (non-hydrogen) atoms. The number of amides is 1. The molecule has 1 amide bonds. The molecule has 1 saturated heterocycles. The van der Waals surface area contributed by atoms with Gasteiger partial charge < -0.3 is 10.6 Å². The molecule has 4 heteroatoms. The minimum atomic E-state index is -0.502. The third kappa shape index (κ3) is 4.09. The SMILES string of the molecule is C[C@@H]1CCCN1CCc1ccc(-c2ccc(C[O])cc2C(N)=O)cc1. The number of likely N-dealkylation sites (tertiary alicyclic amines) is 1. The summed E-state index contributed by atoms with van der Waals surface area (Å²) in [5.74, 6) is -0.502. The van der Waals surface area contributed by atoms with Gasteiger partial charge in [-0.1, -0.05) is 36.4 Å². The van der Waals surface area contributed by atoms with Crippen molar-refractivity contribution in [2.45, 2.75) is 38.8 Å². The van der Waals surface area contributed by atoms with Crippen molar-refractivity contribution < 1.29 is 9.90 Å². The van der Waals surface area contributed by atoms with Crippen molar-refractivity contribution >= 4 is 5.91 Å². The summed E-state index contributed by atoms with van der Waals surface area (Å²) in [6.45, 7) is 4.24. The largest absolute Gasteiger partial charge is 0.366 e. The van der Waals surface area contributed by atoms with E-state index in [1.165, 1.54) is 24.9 Å². The van der Waals surface area contributed by atoms with Gasteiger partial charge in [-0.25, -0.2) is 5.11 Å². The molecule has 2 N–H and O–H groups in total. The average Bonchev–Trinajstić information content (AvgIpc) is 3.05. The number of nitrogens with zero attached hydrogens (tertiary/aromatic N) is 1. The number of hydrogen-bond donors (Lipinski definition) is 1. The second-order valence-corrected chi connectivity index (χ2v) is 6.86. The van der Waals surface area contributed by atoms with E-state index in [2.05, 4.69) is 24.0 Å². The Morgan fingerprint density at radius 3 is 2.48 bits per heavy atom. The highest BCUT2D eigenvalue weighted by Gasteiger charge is 2.19. The second-order valence-electron chi connectivity index (χ2n) is 6.86. The Hall–Kier alpha value is -2.17. The maximum atomic E-state index is 11.7. The van der Waals surface area contributed by atoms with Crippen LogP contribution in [0.4, 0.5) is 0 Å². The van der Waals surface area contributed by atoms with Crippen molar-refractivity contribution in [1.29, 1.82) is 0 Å². The Bertz CT molecular complexity index is 740. The van der Waals surface area contributed by atoms with Crippen LogP contribution in [0.1, 0.15) is 41.3 Å². The number of nitrogens with two attached hydrogens (primary N) is 1. The quantitative estimate of drug-likeness (QED) is 0.878. The van der Waals surface area contributed by atoms with E-state index in [-0.39, 0.29) is 6.61 Å². The highest BCUT2D eigenvalue weighted by Crippen LogP contribution is 2.26. The monoisotopic (exact) mass is 337 g/mol. The van der Waals surface area contributed by atoms with Gasteiger partial charge in [-0.05, 0) is 61.1 Å². The molecule has 1 aliphatic heterocycles. The molecular weight excluding hydrogens is 312 g/mol. The van der Waals surface area contributed by atoms with E-state index in [1.807, 2.05) is 18.2 Å². The van der Waals surface area contributed by atoms with E-state index < -0.39 is 5.91 Å². The predicted octanol–water partition coefficient (Wildman–Crippen LogP) is 3.41. The summed E-state index contributed by atoms with van der Waals surface area (Å²) in [6.07, 6.45) is 3.63. The summed E-state index contributed by atoms with van der Waals surface area (Å²) in [6, 6.07) is 14.2. The highest BCUT2D eigenvalue weighted by atomic mass is 16.3. The Balaban J connectivity index is 1.75. The maximum Gasteiger partial charge on any atom is 0.249 e. The number of rotatable bonds is 6. The molecule has 1 radical (unpaired) electrons. The van der Waals surface area contributed by atoms with Crippen molar-refractivity contribution in [3.8, 4) is 11.1 Å². The van der Waals surface area contributed by atoms with E-state index in [0.29, 0.717) is 17.2 Å². The van der Waals surface area contributed by atoms with Crippen LogP contribution in [-0.4, -0.2) is 29.9 Å². The number of carbonyl (C=O) groups excluding carboxylic acids is 1. The van der Waals surface area contributed by atoms with Crippen LogP contribution in [0.15, 0.2) is 42.5 Å². The fraction of sp³-hybridized carbons (Fsp3) is 0.381. The first kappa shape index (κ1) is 17.6. The zero-order valence-electron chi connectivity index (χ0n) is 14.7. The third-order valence-electron chi connectivity index (χ3n) is 5.16. The number of hydrogen-bond acceptors (Lipinski definition) is 2. The van der Waals surface area contributed by atoms with Gasteiger partial charge in [0.05, 0.1) is 0 Å². The van der Waals surface area contributed by atoms with Crippen LogP contribution < -0.4 is 5.73 Å². The molecule has 4 nitrogen and oxygen atoms in total. The number of primary amides is 1. The lowest BCUT2D eigenvalue weighted by Crippen LogP contribution is -2.28. The Labute approximate surface area is 149 Å². The molecular formula is C21H25N2O2. The van der Waals surface area contributed by atoms with Crippen LogP contribution in [0.3, 0.4) is 0 Å². The van der Waals surface area contributed by atoms with Gasteiger partial charge in [0.15, 0.2) is 0 Å². The van der Waals surface area contributed by atoms with Crippen molar-refractivity contribution in [3.63, 3.8) is 0 Å². The van der Waals surface area contributed by atoms with Gasteiger partial charge in [0.1, 0.15) is 6.61 Å². The molecule has 0 unspecified atom stereocenters. The Morgan fingerprint density at radius 2 is 1.88 bits per heavy atom. The summed E-state index contributed by atoms with van der Waals surface area (Å²) >= 11 is 0. The molecule has 1 atom stereocenters. The van der Waals surface area contributed by atoms with Crippen LogP contribution in [-0.2, 0) is 18.1 Å². The van der Waals surface area contributed by atoms with E-state index in [1.54, 1.807) is 12.1 Å². The first-order valence-corrected chi connectivity index (χ1v) is 8.92. The van der Waals surface area contributed by atoms with E-state index in [9.17, 15) is 9.90 Å². The minimum Gasteiger partial charge on any atom is -0.366 e. The number of benzene rings is 2. The molecule has 1 fully saturated rings. The van der Waals surface area contributed by atoms with Gasteiger partial charge in [0.2, 0.25) is 5.91 Å². The Kier molecular flexibility index (Phi) is 5.51. The number of carbonyl (C=O) groups is 1. The smallest absolute Gasteiger partial charge is 0.249 e. The summed E-state index contributed by atoms with van der Waals surface area (Å²) in [5.41, 5.74) is 9.50. The molecule has 0 spiro atoms. The summed E-state index contributed by atoms with van der Waals surface area (Å²) in [7, 11) is 0. The molecule has 2 aromatic carbocycles. The first-order valence-electron chi connectivity index (χ1n) is 8.92. The molecule has 0 bridgehead atoms. The lowest BCUT2D eigenvalue weighted by Gasteiger charge is -2.20. The van der Waals surface area contributed by atoms with Crippen LogP contribution >= 0.6 is 0 Å². The summed E-state index contributed by atoms with van der Waals surface area (Å²) in [4.78, 5) is 14.3. The van der Waals surface area contributed by atoms with Crippen LogP contribution in [0.25, 0.3) is 11.1 Å². The molecule has 0 saturated carbocycles. The summed E-state index contributed by atoms with van der Waals surface area (Å²) in [5, 5.41) is 11.0. The summed E-state index contributed by atoms with van der Waals surface area (Å²) < 4.78 is 0. The fourth-order valence-corrected chi connectivity index (χ4v) is 3.59. The minimum absolute atomic E-state index is 0.353. The van der Waals surface area contributed by atoms with E-state index in [4.69, 9.17) is 5.73 Å². The van der Waals surface area contributed by atoms with E-state index >= 15 is 0 Å².